The largest absolute Gasteiger partial charge is 0.480 e. The smallest absolute Gasteiger partial charge is 0.325 e. The van der Waals surface area contributed by atoms with Crippen molar-refractivity contribution >= 4 is 23.7 Å². The molecule has 0 aliphatic carbocycles. The lowest BCUT2D eigenvalue weighted by Crippen LogP contribution is -2.56. The van der Waals surface area contributed by atoms with E-state index in [4.69, 9.17) is 10.8 Å². The number of amides is 3. The van der Waals surface area contributed by atoms with Gasteiger partial charge in [0.2, 0.25) is 17.7 Å². The molecule has 0 bridgehead atoms. The minimum absolute atomic E-state index is 0.215. The van der Waals surface area contributed by atoms with Gasteiger partial charge in [0.25, 0.3) is 0 Å². The summed E-state index contributed by atoms with van der Waals surface area (Å²) < 4.78 is 0. The van der Waals surface area contributed by atoms with Crippen LogP contribution >= 0.6 is 0 Å². The normalized spacial score (nSPS) is 14.9. The maximum atomic E-state index is 12.8. The number of nitrogens with one attached hydrogen (secondary N) is 3. The van der Waals surface area contributed by atoms with Crippen LogP contribution in [0.4, 0.5) is 0 Å². The quantitative estimate of drug-likeness (QED) is 0.345. The van der Waals surface area contributed by atoms with Gasteiger partial charge in [-0.1, -0.05) is 44.2 Å². The molecule has 0 aliphatic heterocycles. The minimum Gasteiger partial charge on any atom is -0.480 e. The third kappa shape index (κ3) is 8.60. The Hall–Kier alpha value is -2.94. The molecule has 9 heteroatoms. The van der Waals surface area contributed by atoms with E-state index in [1.54, 1.807) is 0 Å². The molecule has 0 fully saturated rings. The van der Waals surface area contributed by atoms with Gasteiger partial charge in [0.05, 0.1) is 6.04 Å². The van der Waals surface area contributed by atoms with Crippen LogP contribution < -0.4 is 21.7 Å². The molecule has 0 saturated heterocycles. The fraction of sp³-hybridized carbons (Fsp3) is 0.524. The predicted molar refractivity (Wildman–Crippen MR) is 112 cm³/mol. The second-order valence-electron chi connectivity index (χ2n) is 7.79. The lowest BCUT2D eigenvalue weighted by Gasteiger charge is -2.23. The molecule has 1 rings (SSSR count). The number of carboxylic acid groups (broad SMARTS) is 1. The van der Waals surface area contributed by atoms with E-state index in [2.05, 4.69) is 16.0 Å². The van der Waals surface area contributed by atoms with Crippen molar-refractivity contribution in [3.8, 4) is 0 Å². The predicted octanol–water partition coefficient (Wildman–Crippen LogP) is 0.181. The van der Waals surface area contributed by atoms with Crippen molar-refractivity contribution in [1.29, 1.82) is 0 Å². The molecule has 1 aromatic carbocycles. The number of carbonyl (C=O) groups excluding carboxylic acids is 3. The van der Waals surface area contributed by atoms with Gasteiger partial charge in [0, 0.05) is 6.42 Å². The zero-order valence-electron chi connectivity index (χ0n) is 17.8. The number of carbonyl (C=O) groups is 4. The van der Waals surface area contributed by atoms with Crippen LogP contribution in [0.2, 0.25) is 0 Å². The molecule has 1 aromatic rings. The molecule has 0 radical (unpaired) electrons. The molecule has 0 aromatic heterocycles. The summed E-state index contributed by atoms with van der Waals surface area (Å²) in [5, 5.41) is 16.4. The number of rotatable bonds is 11. The van der Waals surface area contributed by atoms with Crippen molar-refractivity contribution in [3.63, 3.8) is 0 Å². The summed E-state index contributed by atoms with van der Waals surface area (Å²) in [5.41, 5.74) is 6.76. The van der Waals surface area contributed by atoms with Gasteiger partial charge in [-0.25, -0.2) is 0 Å². The number of carboxylic acids is 1. The second-order valence-corrected chi connectivity index (χ2v) is 7.79. The summed E-state index contributed by atoms with van der Waals surface area (Å²) in [6.45, 7) is 6.65. The van der Waals surface area contributed by atoms with Crippen LogP contribution in [-0.4, -0.2) is 53.0 Å². The molecule has 4 atom stereocenters. The molecule has 166 valence electrons. The minimum atomic E-state index is -1.18. The SMILES string of the molecule is CC(C)CC(N)C(=O)NC(Cc1ccccc1)C(=O)NC(C)C(=O)NC(C)C(=O)O. The van der Waals surface area contributed by atoms with Crippen molar-refractivity contribution in [2.75, 3.05) is 0 Å². The van der Waals surface area contributed by atoms with E-state index in [9.17, 15) is 19.2 Å². The molecular formula is C21H32N4O5. The van der Waals surface area contributed by atoms with E-state index in [0.717, 1.165) is 5.56 Å². The van der Waals surface area contributed by atoms with Crippen LogP contribution in [0, 0.1) is 5.92 Å². The van der Waals surface area contributed by atoms with Crippen LogP contribution in [0.15, 0.2) is 30.3 Å². The first-order valence-electron chi connectivity index (χ1n) is 9.94. The molecule has 0 spiro atoms. The Morgan fingerprint density at radius 3 is 1.97 bits per heavy atom. The second kappa shape index (κ2) is 11.9. The lowest BCUT2D eigenvalue weighted by atomic mass is 10.0. The topological polar surface area (TPSA) is 151 Å². The van der Waals surface area contributed by atoms with Gasteiger partial charge in [-0.3, -0.25) is 19.2 Å². The van der Waals surface area contributed by atoms with E-state index in [1.807, 2.05) is 44.2 Å². The molecule has 0 aliphatic rings. The Kier molecular flexibility index (Phi) is 9.97. The van der Waals surface area contributed by atoms with Crippen LogP contribution in [0.3, 0.4) is 0 Å². The molecule has 3 amide bonds. The van der Waals surface area contributed by atoms with Crippen molar-refractivity contribution in [2.45, 2.75) is 64.7 Å². The van der Waals surface area contributed by atoms with Gasteiger partial charge in [0.1, 0.15) is 18.1 Å². The molecule has 0 saturated carbocycles. The average Bonchev–Trinajstić information content (AvgIpc) is 2.67. The maximum absolute atomic E-state index is 12.8. The monoisotopic (exact) mass is 420 g/mol. The maximum Gasteiger partial charge on any atom is 0.325 e. The van der Waals surface area contributed by atoms with E-state index < -0.39 is 47.9 Å². The standard InChI is InChI=1S/C21H32N4O5/c1-12(2)10-16(22)19(27)25-17(11-15-8-6-5-7-9-15)20(28)23-13(3)18(26)24-14(4)21(29)30/h5-9,12-14,16-17H,10-11,22H2,1-4H3,(H,23,28)(H,24,26)(H,25,27)(H,29,30). The van der Waals surface area contributed by atoms with Gasteiger partial charge < -0.3 is 26.8 Å². The highest BCUT2D eigenvalue weighted by atomic mass is 16.4. The van der Waals surface area contributed by atoms with Gasteiger partial charge in [-0.2, -0.15) is 0 Å². The number of aliphatic carboxylic acids is 1. The third-order valence-corrected chi connectivity index (χ3v) is 4.46. The van der Waals surface area contributed by atoms with Gasteiger partial charge in [-0.05, 0) is 31.7 Å². The van der Waals surface area contributed by atoms with Crippen LogP contribution in [0.25, 0.3) is 0 Å². The highest BCUT2D eigenvalue weighted by molar-refractivity contribution is 5.94. The lowest BCUT2D eigenvalue weighted by molar-refractivity contribution is -0.141. The Balaban J connectivity index is 2.86. The average molecular weight is 421 g/mol. The fourth-order valence-electron chi connectivity index (χ4n) is 2.73. The first kappa shape index (κ1) is 25.1. The van der Waals surface area contributed by atoms with E-state index in [-0.39, 0.29) is 12.3 Å². The number of hydrogen-bond acceptors (Lipinski definition) is 5. The van der Waals surface area contributed by atoms with Gasteiger partial charge >= 0.3 is 5.97 Å². The van der Waals surface area contributed by atoms with Crippen molar-refractivity contribution < 1.29 is 24.3 Å². The van der Waals surface area contributed by atoms with Crippen LogP contribution in [-0.2, 0) is 25.6 Å². The Bertz CT molecular complexity index is 738. The van der Waals surface area contributed by atoms with Crippen molar-refractivity contribution in [1.82, 2.24) is 16.0 Å². The van der Waals surface area contributed by atoms with Gasteiger partial charge in [-0.15, -0.1) is 0 Å². The van der Waals surface area contributed by atoms with Crippen molar-refractivity contribution in [2.24, 2.45) is 11.7 Å². The van der Waals surface area contributed by atoms with E-state index in [1.165, 1.54) is 13.8 Å². The first-order valence-corrected chi connectivity index (χ1v) is 9.94. The van der Waals surface area contributed by atoms with Crippen molar-refractivity contribution in [3.05, 3.63) is 35.9 Å². The zero-order valence-corrected chi connectivity index (χ0v) is 17.8. The third-order valence-electron chi connectivity index (χ3n) is 4.46. The Morgan fingerprint density at radius 2 is 1.43 bits per heavy atom. The molecule has 4 unspecified atom stereocenters. The van der Waals surface area contributed by atoms with E-state index in [0.29, 0.717) is 6.42 Å². The summed E-state index contributed by atoms with van der Waals surface area (Å²) in [6, 6.07) is 5.35. The number of hydrogen-bond donors (Lipinski definition) is 5. The Labute approximate surface area is 176 Å². The van der Waals surface area contributed by atoms with Crippen LogP contribution in [0.5, 0.6) is 0 Å². The first-order chi connectivity index (χ1) is 14.0. The molecular weight excluding hydrogens is 388 g/mol. The molecule has 0 heterocycles. The number of benzene rings is 1. The highest BCUT2D eigenvalue weighted by Gasteiger charge is 2.27. The Morgan fingerprint density at radius 1 is 0.867 bits per heavy atom. The van der Waals surface area contributed by atoms with E-state index >= 15 is 0 Å². The van der Waals surface area contributed by atoms with Gasteiger partial charge in [0.15, 0.2) is 0 Å². The van der Waals surface area contributed by atoms with Crippen LogP contribution in [0.1, 0.15) is 39.7 Å². The molecule has 9 nitrogen and oxygen atoms in total. The summed E-state index contributed by atoms with van der Waals surface area (Å²) in [4.78, 5) is 48.3. The summed E-state index contributed by atoms with van der Waals surface area (Å²) in [7, 11) is 0. The zero-order chi connectivity index (χ0) is 22.8. The highest BCUT2D eigenvalue weighted by Crippen LogP contribution is 2.07. The molecule has 30 heavy (non-hydrogen) atoms. The number of nitrogens with two attached hydrogens (primary N) is 1. The summed E-state index contributed by atoms with van der Waals surface area (Å²) in [6.07, 6.45) is 0.685. The fourth-order valence-corrected chi connectivity index (χ4v) is 2.73. The summed E-state index contributed by atoms with van der Waals surface area (Å²) >= 11 is 0. The molecule has 6 N–H and O–H groups in total. The summed E-state index contributed by atoms with van der Waals surface area (Å²) in [5.74, 6) is -2.62.